The van der Waals surface area contributed by atoms with Crippen molar-refractivity contribution in [3.63, 3.8) is 0 Å². The van der Waals surface area contributed by atoms with Crippen molar-refractivity contribution in [2.75, 3.05) is 20.1 Å². The van der Waals surface area contributed by atoms with E-state index >= 15 is 0 Å². The van der Waals surface area contributed by atoms with Gasteiger partial charge in [-0.1, -0.05) is 6.92 Å². The summed E-state index contributed by atoms with van der Waals surface area (Å²) in [6, 6.07) is 3.50. The SMILES string of the molecule is CCNC1CCC(N(C)CCn2cccn2)CC1. The first-order valence-electron chi connectivity index (χ1n) is 7.20. The van der Waals surface area contributed by atoms with E-state index in [0.717, 1.165) is 31.7 Å². The van der Waals surface area contributed by atoms with Gasteiger partial charge in [-0.2, -0.15) is 5.10 Å². The second-order valence-corrected chi connectivity index (χ2v) is 5.31. The molecule has 1 aromatic rings. The molecule has 1 aliphatic rings. The van der Waals surface area contributed by atoms with Crippen LogP contribution >= 0.6 is 0 Å². The van der Waals surface area contributed by atoms with Gasteiger partial charge in [0, 0.05) is 31.0 Å². The Balaban J connectivity index is 1.69. The van der Waals surface area contributed by atoms with Crippen LogP contribution in [0.25, 0.3) is 0 Å². The maximum atomic E-state index is 4.25. The predicted molar refractivity (Wildman–Crippen MR) is 74.6 cm³/mol. The first kappa shape index (κ1) is 13.6. The molecule has 1 fully saturated rings. The van der Waals surface area contributed by atoms with Crippen LogP contribution < -0.4 is 5.32 Å². The van der Waals surface area contributed by atoms with E-state index in [1.54, 1.807) is 0 Å². The molecule has 0 aliphatic heterocycles. The van der Waals surface area contributed by atoms with Gasteiger partial charge in [-0.3, -0.25) is 4.68 Å². The molecule has 0 bridgehead atoms. The van der Waals surface area contributed by atoms with Crippen LogP contribution in [0.2, 0.25) is 0 Å². The largest absolute Gasteiger partial charge is 0.314 e. The Bertz CT molecular complexity index is 315. The number of rotatable bonds is 6. The molecular formula is C14H26N4. The average Bonchev–Trinajstić information content (AvgIpc) is 2.90. The molecular weight excluding hydrogens is 224 g/mol. The summed E-state index contributed by atoms with van der Waals surface area (Å²) in [5, 5.41) is 7.82. The van der Waals surface area contributed by atoms with E-state index in [9.17, 15) is 0 Å². The Morgan fingerprint density at radius 3 is 2.72 bits per heavy atom. The third kappa shape index (κ3) is 3.82. The lowest BCUT2D eigenvalue weighted by Gasteiger charge is -2.35. The summed E-state index contributed by atoms with van der Waals surface area (Å²) in [6.07, 6.45) is 9.19. The molecule has 0 spiro atoms. The zero-order valence-corrected chi connectivity index (χ0v) is 11.7. The fourth-order valence-electron chi connectivity index (χ4n) is 2.88. The van der Waals surface area contributed by atoms with Crippen LogP contribution in [0.4, 0.5) is 0 Å². The molecule has 1 heterocycles. The lowest BCUT2D eigenvalue weighted by Crippen LogP contribution is -2.41. The van der Waals surface area contributed by atoms with Crippen LogP contribution in [0.5, 0.6) is 0 Å². The lowest BCUT2D eigenvalue weighted by molar-refractivity contribution is 0.168. The number of nitrogens with one attached hydrogen (secondary N) is 1. The molecule has 102 valence electrons. The first-order chi connectivity index (χ1) is 8.79. The molecule has 0 unspecified atom stereocenters. The minimum absolute atomic E-state index is 0.755. The Hall–Kier alpha value is -0.870. The topological polar surface area (TPSA) is 33.1 Å². The van der Waals surface area contributed by atoms with Crippen molar-refractivity contribution in [1.29, 1.82) is 0 Å². The Morgan fingerprint density at radius 2 is 2.11 bits per heavy atom. The molecule has 1 N–H and O–H groups in total. The maximum Gasteiger partial charge on any atom is 0.0536 e. The third-order valence-electron chi connectivity index (χ3n) is 4.05. The van der Waals surface area contributed by atoms with Crippen LogP contribution in [0, 0.1) is 0 Å². The van der Waals surface area contributed by atoms with Crippen molar-refractivity contribution in [2.24, 2.45) is 0 Å². The van der Waals surface area contributed by atoms with E-state index < -0.39 is 0 Å². The smallest absolute Gasteiger partial charge is 0.0536 e. The van der Waals surface area contributed by atoms with Gasteiger partial charge in [0.1, 0.15) is 0 Å². The zero-order chi connectivity index (χ0) is 12.8. The minimum Gasteiger partial charge on any atom is -0.314 e. The van der Waals surface area contributed by atoms with Gasteiger partial charge in [0.25, 0.3) is 0 Å². The highest BCUT2D eigenvalue weighted by Crippen LogP contribution is 2.22. The number of nitrogens with zero attached hydrogens (tertiary/aromatic N) is 3. The van der Waals surface area contributed by atoms with E-state index in [-0.39, 0.29) is 0 Å². The molecule has 1 aromatic heterocycles. The monoisotopic (exact) mass is 250 g/mol. The van der Waals surface area contributed by atoms with Gasteiger partial charge in [0.05, 0.1) is 6.54 Å². The quantitative estimate of drug-likeness (QED) is 0.835. The third-order valence-corrected chi connectivity index (χ3v) is 4.05. The van der Waals surface area contributed by atoms with Crippen LogP contribution in [0.3, 0.4) is 0 Å². The molecule has 0 aromatic carbocycles. The maximum absolute atomic E-state index is 4.25. The van der Waals surface area contributed by atoms with Crippen LogP contribution in [0.15, 0.2) is 18.5 Å². The second-order valence-electron chi connectivity index (χ2n) is 5.31. The highest BCUT2D eigenvalue weighted by molar-refractivity contribution is 4.82. The summed E-state index contributed by atoms with van der Waals surface area (Å²) >= 11 is 0. The Kier molecular flexibility index (Phi) is 5.20. The van der Waals surface area contributed by atoms with E-state index in [0.29, 0.717) is 0 Å². The van der Waals surface area contributed by atoms with Crippen molar-refractivity contribution >= 4 is 0 Å². The molecule has 18 heavy (non-hydrogen) atoms. The second kappa shape index (κ2) is 6.90. The van der Waals surface area contributed by atoms with E-state index in [2.05, 4.69) is 29.3 Å². The summed E-state index contributed by atoms with van der Waals surface area (Å²) in [7, 11) is 2.25. The summed E-state index contributed by atoms with van der Waals surface area (Å²) in [5.41, 5.74) is 0. The van der Waals surface area contributed by atoms with Crippen molar-refractivity contribution in [3.05, 3.63) is 18.5 Å². The zero-order valence-electron chi connectivity index (χ0n) is 11.7. The van der Waals surface area contributed by atoms with E-state index in [1.165, 1.54) is 25.7 Å². The van der Waals surface area contributed by atoms with Gasteiger partial charge in [0.15, 0.2) is 0 Å². The van der Waals surface area contributed by atoms with Gasteiger partial charge in [-0.15, -0.1) is 0 Å². The first-order valence-corrected chi connectivity index (χ1v) is 7.20. The fraction of sp³-hybridized carbons (Fsp3) is 0.786. The molecule has 4 heteroatoms. The van der Waals surface area contributed by atoms with Crippen LogP contribution in [-0.2, 0) is 6.54 Å². The standard InChI is InChI=1S/C14H26N4/c1-3-15-13-5-7-14(8-6-13)17(2)11-12-18-10-4-9-16-18/h4,9-10,13-15H,3,5-8,11-12H2,1-2H3. The molecule has 0 saturated heterocycles. The predicted octanol–water partition coefficient (Wildman–Crippen LogP) is 1.74. The van der Waals surface area contributed by atoms with Gasteiger partial charge in [0.2, 0.25) is 0 Å². The van der Waals surface area contributed by atoms with Crippen molar-refractivity contribution in [1.82, 2.24) is 20.0 Å². The molecule has 1 saturated carbocycles. The number of hydrogen-bond donors (Lipinski definition) is 1. The van der Waals surface area contributed by atoms with Crippen molar-refractivity contribution < 1.29 is 0 Å². The normalized spacial score (nSPS) is 24.6. The fourth-order valence-corrected chi connectivity index (χ4v) is 2.88. The molecule has 1 aliphatic carbocycles. The lowest BCUT2D eigenvalue weighted by atomic mass is 9.90. The van der Waals surface area contributed by atoms with E-state index in [1.807, 2.05) is 23.1 Å². The van der Waals surface area contributed by atoms with Crippen LogP contribution in [0.1, 0.15) is 32.6 Å². The summed E-state index contributed by atoms with van der Waals surface area (Å²) < 4.78 is 2.01. The Labute approximate surface area is 110 Å². The van der Waals surface area contributed by atoms with Crippen LogP contribution in [-0.4, -0.2) is 46.9 Å². The molecule has 0 atom stereocenters. The molecule has 4 nitrogen and oxygen atoms in total. The average molecular weight is 250 g/mol. The molecule has 0 amide bonds. The highest BCUT2D eigenvalue weighted by Gasteiger charge is 2.23. The minimum atomic E-state index is 0.755. The summed E-state index contributed by atoms with van der Waals surface area (Å²) in [4.78, 5) is 2.50. The van der Waals surface area contributed by atoms with Gasteiger partial charge in [-0.25, -0.2) is 0 Å². The summed E-state index contributed by atoms with van der Waals surface area (Å²) in [5.74, 6) is 0. The number of aromatic nitrogens is 2. The van der Waals surface area contributed by atoms with Crippen molar-refractivity contribution in [2.45, 2.75) is 51.2 Å². The number of likely N-dealkylation sites (N-methyl/N-ethyl adjacent to an activating group) is 1. The van der Waals surface area contributed by atoms with Crippen molar-refractivity contribution in [3.8, 4) is 0 Å². The van der Waals surface area contributed by atoms with Gasteiger partial charge < -0.3 is 10.2 Å². The van der Waals surface area contributed by atoms with Gasteiger partial charge in [-0.05, 0) is 45.3 Å². The summed E-state index contributed by atoms with van der Waals surface area (Å²) in [6.45, 7) is 5.39. The van der Waals surface area contributed by atoms with Gasteiger partial charge >= 0.3 is 0 Å². The molecule has 0 radical (unpaired) electrons. The Morgan fingerprint density at radius 1 is 1.33 bits per heavy atom. The van der Waals surface area contributed by atoms with E-state index in [4.69, 9.17) is 0 Å². The number of hydrogen-bond acceptors (Lipinski definition) is 3. The molecule has 2 rings (SSSR count). The highest BCUT2D eigenvalue weighted by atomic mass is 15.3.